The molecular weight excluding hydrogens is 337 g/mol. The maximum absolute atomic E-state index is 13.8. The normalized spacial score (nSPS) is 10.6. The zero-order valence-corrected chi connectivity index (χ0v) is 14.5. The lowest BCUT2D eigenvalue weighted by molar-refractivity contribution is 0.0795. The van der Waals surface area contributed by atoms with Crippen molar-refractivity contribution < 1.29 is 18.4 Å². The van der Waals surface area contributed by atoms with E-state index in [-0.39, 0.29) is 17.4 Å². The molecule has 0 radical (unpaired) electrons. The first-order valence-electron chi connectivity index (χ1n) is 8.05. The number of amides is 1. The van der Waals surface area contributed by atoms with Crippen LogP contribution in [0.1, 0.15) is 16.2 Å². The van der Waals surface area contributed by atoms with E-state index in [0.29, 0.717) is 30.1 Å². The Labute approximate surface area is 150 Å². The molecule has 26 heavy (non-hydrogen) atoms. The number of carbonyl (C=O) groups excluding carboxylic acids is 1. The molecule has 6 nitrogen and oxygen atoms in total. The van der Waals surface area contributed by atoms with E-state index in [2.05, 4.69) is 10.1 Å². The summed E-state index contributed by atoms with van der Waals surface area (Å²) in [6.45, 7) is 0.395. The second-order valence-corrected chi connectivity index (χ2v) is 5.70. The fraction of sp³-hybridized carbons (Fsp3) is 0.211. The van der Waals surface area contributed by atoms with Crippen LogP contribution in [0.15, 0.2) is 53.1 Å². The molecule has 0 spiro atoms. The second-order valence-electron chi connectivity index (χ2n) is 5.70. The molecule has 1 amide bonds. The largest absolute Gasteiger partial charge is 0.497 e. The van der Waals surface area contributed by atoms with Gasteiger partial charge in [-0.15, -0.1) is 0 Å². The zero-order chi connectivity index (χ0) is 18.5. The molecule has 0 bridgehead atoms. The van der Waals surface area contributed by atoms with Crippen LogP contribution >= 0.6 is 0 Å². The van der Waals surface area contributed by atoms with E-state index in [1.165, 1.54) is 6.07 Å². The van der Waals surface area contributed by atoms with Gasteiger partial charge in [0.1, 0.15) is 11.6 Å². The third-order valence-corrected chi connectivity index (χ3v) is 3.91. The van der Waals surface area contributed by atoms with Gasteiger partial charge in [-0.3, -0.25) is 4.79 Å². The number of nitrogens with zero attached hydrogens (tertiary/aromatic N) is 3. The number of likely N-dealkylation sites (N-methyl/N-ethyl adjacent to an activating group) is 1. The number of carbonyl (C=O) groups is 1. The van der Waals surface area contributed by atoms with E-state index < -0.39 is 5.82 Å². The Kier molecular flexibility index (Phi) is 5.26. The van der Waals surface area contributed by atoms with Crippen molar-refractivity contribution in [2.75, 3.05) is 20.7 Å². The minimum atomic E-state index is -0.423. The Bertz CT molecular complexity index is 910. The van der Waals surface area contributed by atoms with Gasteiger partial charge in [-0.25, -0.2) is 4.39 Å². The third-order valence-electron chi connectivity index (χ3n) is 3.91. The van der Waals surface area contributed by atoms with Gasteiger partial charge >= 0.3 is 0 Å². The Morgan fingerprint density at radius 2 is 2.04 bits per heavy atom. The molecule has 0 atom stereocenters. The van der Waals surface area contributed by atoms with Gasteiger partial charge in [0.15, 0.2) is 5.82 Å². The van der Waals surface area contributed by atoms with Gasteiger partial charge < -0.3 is 14.2 Å². The number of hydrogen-bond acceptors (Lipinski definition) is 5. The molecule has 0 saturated carbocycles. The lowest BCUT2D eigenvalue weighted by atomic mass is 10.2. The number of hydrogen-bond donors (Lipinski definition) is 0. The van der Waals surface area contributed by atoms with Crippen LogP contribution in [0.5, 0.6) is 5.75 Å². The van der Waals surface area contributed by atoms with Gasteiger partial charge in [-0.1, -0.05) is 23.4 Å². The van der Waals surface area contributed by atoms with Gasteiger partial charge in [0, 0.05) is 25.6 Å². The Hall–Kier alpha value is -3.22. The van der Waals surface area contributed by atoms with Crippen molar-refractivity contribution in [3.05, 3.63) is 65.7 Å². The average molecular weight is 355 g/mol. The van der Waals surface area contributed by atoms with Crippen LogP contribution in [0.3, 0.4) is 0 Å². The molecule has 134 valence electrons. The topological polar surface area (TPSA) is 68.5 Å². The van der Waals surface area contributed by atoms with Gasteiger partial charge in [-0.2, -0.15) is 4.98 Å². The molecular formula is C19H18FN3O3. The van der Waals surface area contributed by atoms with E-state index in [1.54, 1.807) is 61.5 Å². The summed E-state index contributed by atoms with van der Waals surface area (Å²) in [7, 11) is 3.25. The van der Waals surface area contributed by atoms with E-state index in [1.807, 2.05) is 0 Å². The Morgan fingerprint density at radius 3 is 2.81 bits per heavy atom. The quantitative estimate of drug-likeness (QED) is 0.679. The molecule has 7 heteroatoms. The minimum Gasteiger partial charge on any atom is -0.497 e. The van der Waals surface area contributed by atoms with Crippen molar-refractivity contribution in [1.82, 2.24) is 15.0 Å². The van der Waals surface area contributed by atoms with Crippen molar-refractivity contribution in [2.45, 2.75) is 6.42 Å². The highest BCUT2D eigenvalue weighted by atomic mass is 19.1. The lowest BCUT2D eigenvalue weighted by Crippen LogP contribution is -2.29. The fourth-order valence-electron chi connectivity index (χ4n) is 2.45. The van der Waals surface area contributed by atoms with Crippen LogP contribution in [-0.2, 0) is 6.42 Å². The number of ether oxygens (including phenoxy) is 1. The molecule has 3 rings (SSSR count). The van der Waals surface area contributed by atoms with Crippen molar-refractivity contribution in [3.63, 3.8) is 0 Å². The van der Waals surface area contributed by atoms with Gasteiger partial charge in [-0.05, 0) is 30.3 Å². The van der Waals surface area contributed by atoms with Crippen LogP contribution < -0.4 is 4.74 Å². The molecule has 3 aromatic rings. The summed E-state index contributed by atoms with van der Waals surface area (Å²) in [6.07, 6.45) is 0.393. The second kappa shape index (κ2) is 7.77. The Morgan fingerprint density at radius 1 is 1.23 bits per heavy atom. The molecule has 0 aliphatic carbocycles. The van der Waals surface area contributed by atoms with Gasteiger partial charge in [0.25, 0.3) is 11.8 Å². The molecule has 2 aromatic carbocycles. The number of aromatic nitrogens is 2. The van der Waals surface area contributed by atoms with Crippen LogP contribution in [0.25, 0.3) is 11.5 Å². The highest BCUT2D eigenvalue weighted by Crippen LogP contribution is 2.20. The van der Waals surface area contributed by atoms with Crippen LogP contribution in [0.4, 0.5) is 4.39 Å². The fourth-order valence-corrected chi connectivity index (χ4v) is 2.45. The molecule has 0 fully saturated rings. The van der Waals surface area contributed by atoms with E-state index in [4.69, 9.17) is 9.26 Å². The number of methoxy groups -OCH3 is 1. The summed E-state index contributed by atoms with van der Waals surface area (Å²) in [5.74, 6) is 0.597. The van der Waals surface area contributed by atoms with Crippen LogP contribution in [0, 0.1) is 5.82 Å². The summed E-state index contributed by atoms with van der Waals surface area (Å²) >= 11 is 0. The molecule has 0 unspecified atom stereocenters. The molecule has 0 N–H and O–H groups in total. The van der Waals surface area contributed by atoms with E-state index in [0.717, 1.165) is 0 Å². The number of halogens is 1. The smallest absolute Gasteiger partial charge is 0.260 e. The Balaban J connectivity index is 1.64. The highest BCUT2D eigenvalue weighted by molar-refractivity contribution is 5.94. The summed E-state index contributed by atoms with van der Waals surface area (Å²) in [5.41, 5.74) is 0.791. The van der Waals surface area contributed by atoms with Crippen LogP contribution in [0.2, 0.25) is 0 Å². The maximum Gasteiger partial charge on any atom is 0.260 e. The first kappa shape index (κ1) is 17.6. The van der Waals surface area contributed by atoms with Crippen molar-refractivity contribution in [3.8, 4) is 17.2 Å². The molecule has 0 saturated heterocycles. The summed E-state index contributed by atoms with van der Waals surface area (Å²) in [5, 5.41) is 3.85. The van der Waals surface area contributed by atoms with Gasteiger partial charge in [0.2, 0.25) is 0 Å². The van der Waals surface area contributed by atoms with Crippen molar-refractivity contribution in [1.29, 1.82) is 0 Å². The zero-order valence-electron chi connectivity index (χ0n) is 14.5. The maximum atomic E-state index is 13.8. The molecule has 1 aromatic heterocycles. The highest BCUT2D eigenvalue weighted by Gasteiger charge is 2.16. The molecule has 1 heterocycles. The third kappa shape index (κ3) is 3.88. The number of rotatable bonds is 6. The standard InChI is InChI=1S/C19H18FN3O3/c1-23(19(24)13-6-5-7-14(12-13)25-2)11-10-17-21-18(26-22-17)15-8-3-4-9-16(15)20/h3-9,12H,10-11H2,1-2H3. The molecule has 0 aliphatic rings. The SMILES string of the molecule is COc1cccc(C(=O)N(C)CCc2noc(-c3ccccc3F)n2)c1. The summed E-state index contributed by atoms with van der Waals surface area (Å²) in [6, 6.07) is 13.2. The van der Waals surface area contributed by atoms with Gasteiger partial charge in [0.05, 0.1) is 12.7 Å². The summed E-state index contributed by atoms with van der Waals surface area (Å²) < 4.78 is 24.0. The first-order valence-corrected chi connectivity index (χ1v) is 8.05. The van der Waals surface area contributed by atoms with E-state index in [9.17, 15) is 9.18 Å². The predicted molar refractivity (Wildman–Crippen MR) is 93.4 cm³/mol. The van der Waals surface area contributed by atoms with Crippen molar-refractivity contribution in [2.24, 2.45) is 0 Å². The van der Waals surface area contributed by atoms with E-state index >= 15 is 0 Å². The number of benzene rings is 2. The lowest BCUT2D eigenvalue weighted by Gasteiger charge is -2.16. The monoisotopic (exact) mass is 355 g/mol. The van der Waals surface area contributed by atoms with Crippen molar-refractivity contribution >= 4 is 5.91 Å². The van der Waals surface area contributed by atoms with Crippen LogP contribution in [-0.4, -0.2) is 41.6 Å². The average Bonchev–Trinajstić information content (AvgIpc) is 3.14. The molecule has 0 aliphatic heterocycles. The first-order chi connectivity index (χ1) is 12.6. The minimum absolute atomic E-state index is 0.125. The summed E-state index contributed by atoms with van der Waals surface area (Å²) in [4.78, 5) is 18.2. The predicted octanol–water partition coefficient (Wildman–Crippen LogP) is 3.20.